The van der Waals surface area contributed by atoms with Gasteiger partial charge in [0.25, 0.3) is 0 Å². The number of aromatic nitrogens is 1. The molecule has 6 heteroatoms. The summed E-state index contributed by atoms with van der Waals surface area (Å²) >= 11 is 0. The lowest BCUT2D eigenvalue weighted by Crippen LogP contribution is -2.62. The number of carbonyl (C=O) groups excluding carboxylic acids is 2. The van der Waals surface area contributed by atoms with E-state index in [-0.39, 0.29) is 17.9 Å². The summed E-state index contributed by atoms with van der Waals surface area (Å²) in [4.78, 5) is 25.8. The van der Waals surface area contributed by atoms with Gasteiger partial charge >= 0.3 is 0 Å². The van der Waals surface area contributed by atoms with E-state index in [9.17, 15) is 9.59 Å². The van der Waals surface area contributed by atoms with E-state index >= 15 is 0 Å². The van der Waals surface area contributed by atoms with Crippen molar-refractivity contribution in [1.82, 2.24) is 15.4 Å². The molecule has 2 atom stereocenters. The maximum Gasteiger partial charge on any atom is 0.246 e. The summed E-state index contributed by atoms with van der Waals surface area (Å²) in [5, 5.41) is 6.60. The van der Waals surface area contributed by atoms with Gasteiger partial charge in [0.2, 0.25) is 11.8 Å². The fraction of sp³-hybridized carbons (Fsp3) is 0.583. The van der Waals surface area contributed by atoms with Crippen molar-refractivity contribution in [3.05, 3.63) is 18.0 Å². The highest BCUT2D eigenvalue weighted by Gasteiger charge is 2.45. The van der Waals surface area contributed by atoms with Crippen molar-refractivity contribution in [2.24, 2.45) is 5.92 Å². The van der Waals surface area contributed by atoms with Gasteiger partial charge < -0.3 is 14.7 Å². The van der Waals surface area contributed by atoms with E-state index in [1.54, 1.807) is 17.9 Å². The fourth-order valence-electron chi connectivity index (χ4n) is 2.30. The molecule has 0 spiro atoms. The van der Waals surface area contributed by atoms with Crippen LogP contribution >= 0.6 is 0 Å². The monoisotopic (exact) mass is 249 g/mol. The third kappa shape index (κ3) is 1.87. The molecular weight excluding hydrogens is 234 g/mol. The van der Waals surface area contributed by atoms with Crippen LogP contribution in [0.5, 0.6) is 0 Å². The van der Waals surface area contributed by atoms with Crippen LogP contribution in [0.4, 0.5) is 0 Å². The van der Waals surface area contributed by atoms with Crippen molar-refractivity contribution in [2.45, 2.75) is 38.4 Å². The van der Waals surface area contributed by atoms with Gasteiger partial charge in [-0.2, -0.15) is 0 Å². The predicted octanol–water partition coefficient (Wildman–Crippen LogP) is 0.300. The zero-order valence-corrected chi connectivity index (χ0v) is 10.1. The Morgan fingerprint density at radius 2 is 2.28 bits per heavy atom. The fourth-order valence-corrected chi connectivity index (χ4v) is 2.30. The Bertz CT molecular complexity index is 467. The molecule has 96 valence electrons. The number of nitrogens with one attached hydrogen (secondary N) is 1. The highest BCUT2D eigenvalue weighted by molar-refractivity contribution is 5.97. The normalized spacial score (nSPS) is 28.4. The molecule has 6 nitrogen and oxygen atoms in total. The van der Waals surface area contributed by atoms with E-state index in [0.717, 1.165) is 12.8 Å². The van der Waals surface area contributed by atoms with Crippen LogP contribution < -0.4 is 5.32 Å². The topological polar surface area (TPSA) is 75.4 Å². The average Bonchev–Trinajstić information content (AvgIpc) is 3.07. The summed E-state index contributed by atoms with van der Waals surface area (Å²) in [7, 11) is 0. The van der Waals surface area contributed by atoms with Crippen LogP contribution in [0.3, 0.4) is 0 Å². The number of amides is 2. The second-order valence-corrected chi connectivity index (χ2v) is 4.96. The van der Waals surface area contributed by atoms with Crippen molar-refractivity contribution in [1.29, 1.82) is 0 Å². The van der Waals surface area contributed by atoms with Crippen LogP contribution in [0.25, 0.3) is 0 Å². The molecule has 0 bridgehead atoms. The molecule has 2 amide bonds. The quantitative estimate of drug-likeness (QED) is 0.836. The Balaban J connectivity index is 1.80. The van der Waals surface area contributed by atoms with Gasteiger partial charge in [-0.05, 0) is 25.7 Å². The van der Waals surface area contributed by atoms with Gasteiger partial charge in [0.15, 0.2) is 0 Å². The largest absolute Gasteiger partial charge is 0.364 e. The molecule has 2 fully saturated rings. The molecule has 1 aliphatic heterocycles. The Labute approximate surface area is 104 Å². The van der Waals surface area contributed by atoms with Gasteiger partial charge in [-0.25, -0.2) is 0 Å². The summed E-state index contributed by atoms with van der Waals surface area (Å²) < 4.78 is 4.75. The summed E-state index contributed by atoms with van der Waals surface area (Å²) in [6.45, 7) is 2.06. The van der Waals surface area contributed by atoms with Gasteiger partial charge in [-0.3, -0.25) is 9.59 Å². The summed E-state index contributed by atoms with van der Waals surface area (Å²) in [5.74, 6) is 0.219. The lowest BCUT2D eigenvalue weighted by atomic mass is 10.0. The van der Waals surface area contributed by atoms with Gasteiger partial charge in [-0.1, -0.05) is 5.16 Å². The molecule has 1 saturated heterocycles. The van der Waals surface area contributed by atoms with Gasteiger partial charge in [0.1, 0.15) is 24.0 Å². The molecule has 1 aromatic heterocycles. The van der Waals surface area contributed by atoms with Crippen molar-refractivity contribution in [3.63, 3.8) is 0 Å². The Morgan fingerprint density at radius 3 is 2.89 bits per heavy atom. The molecular formula is C12H15N3O3. The zero-order chi connectivity index (χ0) is 12.7. The molecule has 2 aliphatic rings. The van der Waals surface area contributed by atoms with Gasteiger partial charge in [0, 0.05) is 6.07 Å². The lowest BCUT2D eigenvalue weighted by Gasteiger charge is -2.37. The Hall–Kier alpha value is -1.85. The smallest absolute Gasteiger partial charge is 0.246 e. The second-order valence-electron chi connectivity index (χ2n) is 4.96. The van der Waals surface area contributed by atoms with Crippen LogP contribution in [0.15, 0.2) is 16.9 Å². The van der Waals surface area contributed by atoms with Crippen molar-refractivity contribution < 1.29 is 14.1 Å². The zero-order valence-electron chi connectivity index (χ0n) is 10.1. The van der Waals surface area contributed by atoms with E-state index in [0.29, 0.717) is 18.2 Å². The minimum absolute atomic E-state index is 0.00685. The third-order valence-electron chi connectivity index (χ3n) is 3.61. The van der Waals surface area contributed by atoms with Crippen LogP contribution in [0, 0.1) is 5.92 Å². The maximum absolute atomic E-state index is 12.3. The van der Waals surface area contributed by atoms with Crippen LogP contribution in [-0.2, 0) is 16.1 Å². The highest BCUT2D eigenvalue weighted by Crippen LogP contribution is 2.35. The van der Waals surface area contributed by atoms with Crippen LogP contribution in [0.2, 0.25) is 0 Å². The number of carbonyl (C=O) groups is 2. The van der Waals surface area contributed by atoms with Crippen LogP contribution in [0.1, 0.15) is 25.5 Å². The third-order valence-corrected chi connectivity index (χ3v) is 3.61. The molecule has 2 unspecified atom stereocenters. The molecule has 18 heavy (non-hydrogen) atoms. The number of hydrogen-bond donors (Lipinski definition) is 1. The maximum atomic E-state index is 12.3. The van der Waals surface area contributed by atoms with Gasteiger partial charge in [-0.15, -0.1) is 0 Å². The predicted molar refractivity (Wildman–Crippen MR) is 61.2 cm³/mol. The molecule has 0 radical (unpaired) electrons. The van der Waals surface area contributed by atoms with E-state index < -0.39 is 6.04 Å². The van der Waals surface area contributed by atoms with Gasteiger partial charge in [0.05, 0.1) is 6.54 Å². The van der Waals surface area contributed by atoms with E-state index in [1.807, 2.05) is 0 Å². The number of hydrogen-bond acceptors (Lipinski definition) is 4. The van der Waals surface area contributed by atoms with E-state index in [2.05, 4.69) is 10.5 Å². The summed E-state index contributed by atoms with van der Waals surface area (Å²) in [5.41, 5.74) is 0.666. The molecule has 2 heterocycles. The molecule has 3 rings (SSSR count). The first-order chi connectivity index (χ1) is 8.66. The number of rotatable bonds is 3. The minimum atomic E-state index is -0.454. The Morgan fingerprint density at radius 1 is 1.50 bits per heavy atom. The van der Waals surface area contributed by atoms with Crippen LogP contribution in [-0.4, -0.2) is 34.0 Å². The molecule has 0 aromatic carbocycles. The minimum Gasteiger partial charge on any atom is -0.364 e. The molecule has 1 N–H and O–H groups in total. The van der Waals surface area contributed by atoms with E-state index in [4.69, 9.17) is 4.52 Å². The first-order valence-corrected chi connectivity index (χ1v) is 6.17. The van der Waals surface area contributed by atoms with Crippen molar-refractivity contribution >= 4 is 11.8 Å². The molecule has 1 aliphatic carbocycles. The Kier molecular flexibility index (Phi) is 2.57. The average molecular weight is 249 g/mol. The van der Waals surface area contributed by atoms with Crippen molar-refractivity contribution in [2.75, 3.05) is 0 Å². The molecule has 1 aromatic rings. The summed E-state index contributed by atoms with van der Waals surface area (Å²) in [6.07, 6.45) is 3.50. The van der Waals surface area contributed by atoms with Crippen molar-refractivity contribution in [3.8, 4) is 0 Å². The number of piperazine rings is 1. The lowest BCUT2D eigenvalue weighted by molar-refractivity contribution is -0.150. The standard InChI is InChI=1S/C12H15N3O3/c1-7-11(16)13-10(8-2-3-8)12(17)15(7)6-9-4-5-18-14-9/h4-5,7-8,10H,2-3,6H2,1H3,(H,13,16). The first kappa shape index (κ1) is 11.3. The first-order valence-electron chi connectivity index (χ1n) is 6.17. The van der Waals surface area contributed by atoms with E-state index in [1.165, 1.54) is 6.26 Å². The SMILES string of the molecule is CC1C(=O)NC(C2CC2)C(=O)N1Cc1ccon1. The summed E-state index contributed by atoms with van der Waals surface area (Å²) in [6, 6.07) is 0.906. The molecule has 1 saturated carbocycles. The highest BCUT2D eigenvalue weighted by atomic mass is 16.5. The second kappa shape index (κ2) is 4.12. The number of nitrogens with zero attached hydrogens (tertiary/aromatic N) is 2.